The highest BCUT2D eigenvalue weighted by Gasteiger charge is 2.46. The monoisotopic (exact) mass is 409 g/mol. The topological polar surface area (TPSA) is 49.8 Å². The van der Waals surface area contributed by atoms with Gasteiger partial charge in [-0.1, -0.05) is 32.6 Å². The van der Waals surface area contributed by atoms with Crippen LogP contribution in [0.3, 0.4) is 0 Å². The van der Waals surface area contributed by atoms with Crippen molar-refractivity contribution in [1.82, 2.24) is 4.90 Å². The summed E-state index contributed by atoms with van der Waals surface area (Å²) in [5.74, 6) is -0.259. The van der Waals surface area contributed by atoms with E-state index in [1.54, 1.807) is 18.2 Å². The molecule has 6 heteroatoms. The summed E-state index contributed by atoms with van der Waals surface area (Å²) in [6.07, 6.45) is 8.00. The Morgan fingerprint density at radius 3 is 2.89 bits per heavy atom. The van der Waals surface area contributed by atoms with E-state index < -0.39 is 11.6 Å². The van der Waals surface area contributed by atoms with Gasteiger partial charge in [-0.25, -0.2) is 4.79 Å². The van der Waals surface area contributed by atoms with Gasteiger partial charge in [-0.2, -0.15) is 0 Å². The van der Waals surface area contributed by atoms with Crippen molar-refractivity contribution in [2.24, 2.45) is 5.92 Å². The number of allylic oxidation sites excluding steroid dienone is 2. The average molecular weight is 410 g/mol. The molecule has 1 aliphatic heterocycles. The Bertz CT molecular complexity index is 644. The maximum absolute atomic E-state index is 13.3. The van der Waals surface area contributed by atoms with E-state index in [2.05, 4.69) is 25.3 Å². The lowest BCUT2D eigenvalue weighted by atomic mass is 9.91. The molecule has 150 valence electrons. The summed E-state index contributed by atoms with van der Waals surface area (Å²) in [5, 5.41) is 13.3. The van der Waals surface area contributed by atoms with Crippen LogP contribution in [0.4, 0.5) is 0 Å². The molecule has 0 saturated carbocycles. The number of thiophene rings is 1. The van der Waals surface area contributed by atoms with Crippen molar-refractivity contribution in [2.45, 2.75) is 44.8 Å². The lowest BCUT2D eigenvalue weighted by Crippen LogP contribution is -2.49. The first-order valence-electron chi connectivity index (χ1n) is 9.58. The number of carbonyl (C=O) groups is 1. The normalized spacial score (nSPS) is 23.6. The molecule has 3 atom stereocenters. The second-order valence-corrected chi connectivity index (χ2v) is 8.66. The van der Waals surface area contributed by atoms with Crippen LogP contribution in [0, 0.1) is 5.92 Å². The number of hydrogen-bond acceptors (Lipinski definition) is 6. The first kappa shape index (κ1) is 22.2. The van der Waals surface area contributed by atoms with Gasteiger partial charge in [0.1, 0.15) is 6.10 Å². The van der Waals surface area contributed by atoms with Crippen LogP contribution < -0.4 is 0 Å². The lowest BCUT2D eigenvalue weighted by molar-refractivity contribution is -0.173. The Hall–Kier alpha value is -1.08. The second-order valence-electron chi connectivity index (χ2n) is 6.86. The molecule has 1 aromatic heterocycles. The SMILES string of the molecule is C=C/C=C(\SC)C(O)(C(=O)OC1CN(CCC)CCC1CC)c1cccs1. The van der Waals surface area contributed by atoms with Crippen LogP contribution in [-0.4, -0.2) is 48.0 Å². The summed E-state index contributed by atoms with van der Waals surface area (Å²) in [7, 11) is 0. The third kappa shape index (κ3) is 5.05. The smallest absolute Gasteiger partial charge is 0.349 e. The summed E-state index contributed by atoms with van der Waals surface area (Å²) in [5.41, 5.74) is -1.78. The molecule has 2 heterocycles. The standard InChI is InChI=1S/C21H31NO3S2/c1-5-9-18(26-4)21(24,19-10-8-14-27-19)20(23)25-17-15-22(12-6-2)13-11-16(17)7-3/h5,8-10,14,16-17,24H,1,6-7,11-13,15H2,2-4H3/b18-9-. The summed E-state index contributed by atoms with van der Waals surface area (Å²) in [6, 6.07) is 3.61. The predicted molar refractivity (Wildman–Crippen MR) is 115 cm³/mol. The zero-order chi connectivity index (χ0) is 19.9. The van der Waals surface area contributed by atoms with E-state index in [4.69, 9.17) is 4.74 Å². The maximum Gasteiger partial charge on any atom is 0.349 e. The van der Waals surface area contributed by atoms with Crippen molar-refractivity contribution in [2.75, 3.05) is 25.9 Å². The van der Waals surface area contributed by atoms with Gasteiger partial charge in [0.05, 0.1) is 4.88 Å². The minimum Gasteiger partial charge on any atom is -0.458 e. The Morgan fingerprint density at radius 1 is 1.56 bits per heavy atom. The van der Waals surface area contributed by atoms with Crippen LogP contribution >= 0.6 is 23.1 Å². The van der Waals surface area contributed by atoms with Gasteiger partial charge >= 0.3 is 5.97 Å². The highest BCUT2D eigenvalue weighted by Crippen LogP contribution is 2.40. The Labute approximate surface area is 171 Å². The van der Waals surface area contributed by atoms with Gasteiger partial charge in [-0.3, -0.25) is 4.90 Å². The number of hydrogen-bond donors (Lipinski definition) is 1. The molecule has 1 aromatic rings. The molecule has 1 N–H and O–H groups in total. The molecule has 4 nitrogen and oxygen atoms in total. The fraction of sp³-hybridized carbons (Fsp3) is 0.571. The molecule has 0 radical (unpaired) electrons. The summed E-state index contributed by atoms with van der Waals surface area (Å²) in [4.78, 5) is 16.7. The van der Waals surface area contributed by atoms with E-state index in [-0.39, 0.29) is 6.10 Å². The summed E-state index contributed by atoms with van der Waals surface area (Å²) < 4.78 is 5.98. The molecule has 3 unspecified atom stereocenters. The molecule has 27 heavy (non-hydrogen) atoms. The molecule has 1 saturated heterocycles. The Morgan fingerprint density at radius 2 is 2.33 bits per heavy atom. The maximum atomic E-state index is 13.3. The molecule has 1 aliphatic rings. The van der Waals surface area contributed by atoms with Gasteiger partial charge < -0.3 is 9.84 Å². The van der Waals surface area contributed by atoms with E-state index in [1.807, 2.05) is 17.7 Å². The third-order valence-corrected chi connectivity index (χ3v) is 6.97. The van der Waals surface area contributed by atoms with Crippen LogP contribution in [-0.2, 0) is 15.1 Å². The quantitative estimate of drug-likeness (QED) is 0.483. The molecule has 1 fully saturated rings. The highest BCUT2D eigenvalue weighted by molar-refractivity contribution is 8.02. The molecular weight excluding hydrogens is 378 g/mol. The number of ether oxygens (including phenoxy) is 1. The van der Waals surface area contributed by atoms with Crippen LogP contribution in [0.1, 0.15) is 38.0 Å². The molecular formula is C21H31NO3S2. The van der Waals surface area contributed by atoms with Crippen LogP contribution in [0.5, 0.6) is 0 Å². The van der Waals surface area contributed by atoms with Crippen molar-refractivity contribution in [3.05, 3.63) is 46.0 Å². The van der Waals surface area contributed by atoms with Crippen molar-refractivity contribution in [3.8, 4) is 0 Å². The molecule has 0 aliphatic carbocycles. The number of esters is 1. The van der Waals surface area contributed by atoms with Gasteiger partial charge in [0, 0.05) is 11.4 Å². The first-order chi connectivity index (χ1) is 13.0. The zero-order valence-electron chi connectivity index (χ0n) is 16.5. The predicted octanol–water partition coefficient (Wildman–Crippen LogP) is 4.42. The van der Waals surface area contributed by atoms with E-state index in [0.29, 0.717) is 15.7 Å². The zero-order valence-corrected chi connectivity index (χ0v) is 18.2. The number of rotatable bonds is 9. The minimum absolute atomic E-state index is 0.193. The van der Waals surface area contributed by atoms with Gasteiger partial charge in [0.25, 0.3) is 0 Å². The molecule has 0 aromatic carbocycles. The van der Waals surface area contributed by atoms with E-state index in [9.17, 15) is 9.90 Å². The molecule has 0 spiro atoms. The van der Waals surface area contributed by atoms with Crippen molar-refractivity contribution >= 4 is 29.1 Å². The fourth-order valence-corrected chi connectivity index (χ4v) is 5.23. The largest absolute Gasteiger partial charge is 0.458 e. The van der Waals surface area contributed by atoms with Gasteiger partial charge in [-0.15, -0.1) is 23.1 Å². The highest BCUT2D eigenvalue weighted by atomic mass is 32.2. The number of piperidine rings is 1. The average Bonchev–Trinajstić information content (AvgIpc) is 3.21. The fourth-order valence-electron chi connectivity index (χ4n) is 3.62. The molecule has 0 amide bonds. The lowest BCUT2D eigenvalue weighted by Gasteiger charge is -2.39. The first-order valence-corrected chi connectivity index (χ1v) is 11.7. The van der Waals surface area contributed by atoms with Gasteiger partial charge in [-0.05, 0) is 62.0 Å². The van der Waals surface area contributed by atoms with Crippen molar-refractivity contribution < 1.29 is 14.6 Å². The van der Waals surface area contributed by atoms with Gasteiger partial charge in [0.2, 0.25) is 5.60 Å². The summed E-state index contributed by atoms with van der Waals surface area (Å²) >= 11 is 2.70. The number of nitrogens with zero attached hydrogens (tertiary/aromatic N) is 1. The molecule has 0 bridgehead atoms. The minimum atomic E-state index is -1.78. The van der Waals surface area contributed by atoms with Crippen LogP contribution in [0.15, 0.2) is 41.1 Å². The number of aliphatic hydroxyl groups is 1. The number of thioether (sulfide) groups is 1. The number of carbonyl (C=O) groups excluding carboxylic acids is 1. The van der Waals surface area contributed by atoms with E-state index in [0.717, 1.165) is 38.9 Å². The van der Waals surface area contributed by atoms with Crippen LogP contribution in [0.2, 0.25) is 0 Å². The van der Waals surface area contributed by atoms with Crippen molar-refractivity contribution in [3.63, 3.8) is 0 Å². The van der Waals surface area contributed by atoms with E-state index >= 15 is 0 Å². The molecule has 2 rings (SSSR count). The Balaban J connectivity index is 2.29. The number of likely N-dealkylation sites (tertiary alicyclic amines) is 1. The summed E-state index contributed by atoms with van der Waals surface area (Å²) in [6.45, 7) is 10.8. The van der Waals surface area contributed by atoms with E-state index in [1.165, 1.54) is 23.1 Å². The Kier molecular flexibility index (Phi) is 8.61. The van der Waals surface area contributed by atoms with Crippen LogP contribution in [0.25, 0.3) is 0 Å². The van der Waals surface area contributed by atoms with Gasteiger partial charge in [0.15, 0.2) is 0 Å². The van der Waals surface area contributed by atoms with Crippen molar-refractivity contribution in [1.29, 1.82) is 0 Å². The third-order valence-electron chi connectivity index (χ3n) is 5.12. The second kappa shape index (κ2) is 10.5.